The van der Waals surface area contributed by atoms with E-state index in [-0.39, 0.29) is 6.10 Å². The smallest absolute Gasteiger partial charge is 0.191 e. The standard InChI is InChI=1S/C24H33N3O3/c1-18-6-11-21(23(13-18)30-17-22-5-4-12-29-22)15-27-24(25-2)26-14-19-7-9-20(10-8-19)16-28-3/h6-11,13,22H,4-5,12,14-17H2,1-3H3,(H2,25,26,27). The van der Waals surface area contributed by atoms with E-state index in [9.17, 15) is 0 Å². The van der Waals surface area contributed by atoms with E-state index in [2.05, 4.69) is 65.0 Å². The maximum atomic E-state index is 6.09. The van der Waals surface area contributed by atoms with E-state index in [4.69, 9.17) is 14.2 Å². The third-order valence-corrected chi connectivity index (χ3v) is 5.14. The van der Waals surface area contributed by atoms with Gasteiger partial charge in [-0.15, -0.1) is 0 Å². The van der Waals surface area contributed by atoms with Gasteiger partial charge in [0.05, 0.1) is 12.7 Å². The van der Waals surface area contributed by atoms with Crippen LogP contribution < -0.4 is 15.4 Å². The van der Waals surface area contributed by atoms with E-state index in [1.807, 2.05) is 0 Å². The highest BCUT2D eigenvalue weighted by molar-refractivity contribution is 5.79. The first-order valence-electron chi connectivity index (χ1n) is 10.5. The van der Waals surface area contributed by atoms with Crippen LogP contribution in [0.4, 0.5) is 0 Å². The molecule has 1 atom stereocenters. The minimum atomic E-state index is 0.205. The lowest BCUT2D eigenvalue weighted by atomic mass is 10.1. The molecule has 0 amide bonds. The summed E-state index contributed by atoms with van der Waals surface area (Å²) in [4.78, 5) is 4.34. The topological polar surface area (TPSA) is 64.1 Å². The Labute approximate surface area is 179 Å². The van der Waals surface area contributed by atoms with Crippen molar-refractivity contribution < 1.29 is 14.2 Å². The van der Waals surface area contributed by atoms with E-state index in [0.717, 1.165) is 36.7 Å². The number of methoxy groups -OCH3 is 1. The molecule has 6 heteroatoms. The van der Waals surface area contributed by atoms with Crippen molar-refractivity contribution >= 4 is 5.96 Å². The van der Waals surface area contributed by atoms with Gasteiger partial charge in [0.1, 0.15) is 12.4 Å². The van der Waals surface area contributed by atoms with Gasteiger partial charge in [-0.2, -0.15) is 0 Å². The predicted molar refractivity (Wildman–Crippen MR) is 120 cm³/mol. The first-order valence-corrected chi connectivity index (χ1v) is 10.5. The van der Waals surface area contributed by atoms with Crippen LogP contribution in [0.5, 0.6) is 5.75 Å². The Hall–Kier alpha value is -2.57. The highest BCUT2D eigenvalue weighted by Gasteiger charge is 2.17. The monoisotopic (exact) mass is 411 g/mol. The van der Waals surface area contributed by atoms with Gasteiger partial charge in [-0.05, 0) is 42.5 Å². The van der Waals surface area contributed by atoms with Crippen molar-refractivity contribution in [3.05, 3.63) is 64.7 Å². The Bertz CT molecular complexity index is 815. The molecular formula is C24H33N3O3. The lowest BCUT2D eigenvalue weighted by molar-refractivity contribution is 0.0676. The summed E-state index contributed by atoms with van der Waals surface area (Å²) in [5.74, 6) is 1.66. The molecule has 1 aliphatic rings. The van der Waals surface area contributed by atoms with Crippen LogP contribution >= 0.6 is 0 Å². The molecule has 2 N–H and O–H groups in total. The molecule has 0 aromatic heterocycles. The van der Waals surface area contributed by atoms with E-state index in [1.165, 1.54) is 16.7 Å². The number of hydrogen-bond donors (Lipinski definition) is 2. The summed E-state index contributed by atoms with van der Waals surface area (Å²) in [6.07, 6.45) is 2.39. The molecule has 1 heterocycles. The van der Waals surface area contributed by atoms with E-state index in [0.29, 0.717) is 26.3 Å². The third-order valence-electron chi connectivity index (χ3n) is 5.14. The molecule has 0 radical (unpaired) electrons. The second-order valence-corrected chi connectivity index (χ2v) is 7.59. The molecule has 1 saturated heterocycles. The fraction of sp³-hybridized carbons (Fsp3) is 0.458. The van der Waals surface area contributed by atoms with Crippen molar-refractivity contribution in [3.8, 4) is 5.75 Å². The molecule has 3 rings (SSSR count). The molecule has 162 valence electrons. The first-order chi connectivity index (χ1) is 14.7. The molecule has 2 aromatic rings. The lowest BCUT2D eigenvalue weighted by Crippen LogP contribution is -2.36. The molecule has 0 aliphatic carbocycles. The van der Waals surface area contributed by atoms with Gasteiger partial charge >= 0.3 is 0 Å². The summed E-state index contributed by atoms with van der Waals surface area (Å²) in [6.45, 7) is 5.48. The Balaban J connectivity index is 1.52. The van der Waals surface area contributed by atoms with Crippen LogP contribution in [0.3, 0.4) is 0 Å². The summed E-state index contributed by atoms with van der Waals surface area (Å²) in [6, 6.07) is 14.7. The summed E-state index contributed by atoms with van der Waals surface area (Å²) in [5, 5.41) is 6.74. The molecule has 0 bridgehead atoms. The van der Waals surface area contributed by atoms with Crippen LogP contribution in [0, 0.1) is 6.92 Å². The number of hydrogen-bond acceptors (Lipinski definition) is 4. The second kappa shape index (κ2) is 11.6. The quantitative estimate of drug-likeness (QED) is 0.488. The summed E-state index contributed by atoms with van der Waals surface area (Å²) >= 11 is 0. The number of benzene rings is 2. The van der Waals surface area contributed by atoms with E-state index < -0.39 is 0 Å². The van der Waals surface area contributed by atoms with Gasteiger partial charge in [-0.3, -0.25) is 4.99 Å². The van der Waals surface area contributed by atoms with Gasteiger partial charge in [0.15, 0.2) is 5.96 Å². The Morgan fingerprint density at radius 1 is 1.10 bits per heavy atom. The molecule has 2 aromatic carbocycles. The van der Waals surface area contributed by atoms with Crippen molar-refractivity contribution in [2.75, 3.05) is 27.4 Å². The average Bonchev–Trinajstić information content (AvgIpc) is 3.28. The number of ether oxygens (including phenoxy) is 3. The van der Waals surface area contributed by atoms with Crippen LogP contribution in [0.25, 0.3) is 0 Å². The number of aryl methyl sites for hydroxylation is 1. The largest absolute Gasteiger partial charge is 0.491 e. The maximum absolute atomic E-state index is 6.09. The number of nitrogens with one attached hydrogen (secondary N) is 2. The van der Waals surface area contributed by atoms with Gasteiger partial charge in [-0.25, -0.2) is 0 Å². The molecule has 0 spiro atoms. The van der Waals surface area contributed by atoms with Crippen molar-refractivity contribution in [2.45, 2.75) is 45.6 Å². The zero-order valence-corrected chi connectivity index (χ0v) is 18.2. The maximum Gasteiger partial charge on any atom is 0.191 e. The van der Waals surface area contributed by atoms with Crippen LogP contribution in [0.15, 0.2) is 47.5 Å². The predicted octanol–water partition coefficient (Wildman–Crippen LogP) is 3.56. The minimum Gasteiger partial charge on any atom is -0.491 e. The minimum absolute atomic E-state index is 0.205. The van der Waals surface area contributed by atoms with Crippen molar-refractivity contribution in [2.24, 2.45) is 4.99 Å². The molecule has 1 aliphatic heterocycles. The van der Waals surface area contributed by atoms with E-state index >= 15 is 0 Å². The molecule has 0 saturated carbocycles. The Morgan fingerprint density at radius 3 is 2.57 bits per heavy atom. The number of rotatable bonds is 9. The summed E-state index contributed by atoms with van der Waals surface area (Å²) in [7, 11) is 3.49. The highest BCUT2D eigenvalue weighted by atomic mass is 16.5. The fourth-order valence-corrected chi connectivity index (χ4v) is 3.41. The number of aliphatic imine (C=N–C) groups is 1. The zero-order valence-electron chi connectivity index (χ0n) is 18.2. The van der Waals surface area contributed by atoms with Gasteiger partial charge in [-0.1, -0.05) is 36.4 Å². The fourth-order valence-electron chi connectivity index (χ4n) is 3.41. The highest BCUT2D eigenvalue weighted by Crippen LogP contribution is 2.22. The van der Waals surface area contributed by atoms with Gasteiger partial charge in [0.25, 0.3) is 0 Å². The van der Waals surface area contributed by atoms with Crippen molar-refractivity contribution in [1.29, 1.82) is 0 Å². The molecule has 30 heavy (non-hydrogen) atoms. The van der Waals surface area contributed by atoms with Gasteiger partial charge in [0, 0.05) is 39.4 Å². The van der Waals surface area contributed by atoms with E-state index in [1.54, 1.807) is 14.2 Å². The zero-order chi connectivity index (χ0) is 21.2. The summed E-state index contributed by atoms with van der Waals surface area (Å²) < 4.78 is 16.9. The third kappa shape index (κ3) is 6.75. The average molecular weight is 412 g/mol. The van der Waals surface area contributed by atoms with Crippen LogP contribution in [-0.2, 0) is 29.2 Å². The normalized spacial score (nSPS) is 16.5. The first kappa shape index (κ1) is 22.1. The van der Waals surface area contributed by atoms with Crippen molar-refractivity contribution in [3.63, 3.8) is 0 Å². The second-order valence-electron chi connectivity index (χ2n) is 7.59. The molecule has 1 unspecified atom stereocenters. The summed E-state index contributed by atoms with van der Waals surface area (Å²) in [5.41, 5.74) is 4.64. The number of nitrogens with zero attached hydrogens (tertiary/aromatic N) is 1. The molecule has 6 nitrogen and oxygen atoms in total. The van der Waals surface area contributed by atoms with Crippen LogP contribution in [-0.4, -0.2) is 39.4 Å². The Kier molecular flexibility index (Phi) is 8.53. The Morgan fingerprint density at radius 2 is 1.87 bits per heavy atom. The number of guanidine groups is 1. The van der Waals surface area contributed by atoms with Crippen LogP contribution in [0.2, 0.25) is 0 Å². The van der Waals surface area contributed by atoms with Gasteiger partial charge < -0.3 is 24.8 Å². The SMILES string of the molecule is CN=C(NCc1ccc(COC)cc1)NCc1ccc(C)cc1OCC1CCCO1. The molecular weight excluding hydrogens is 378 g/mol. The van der Waals surface area contributed by atoms with Gasteiger partial charge in [0.2, 0.25) is 0 Å². The molecule has 1 fully saturated rings. The van der Waals surface area contributed by atoms with Crippen molar-refractivity contribution in [1.82, 2.24) is 10.6 Å². The van der Waals surface area contributed by atoms with Crippen LogP contribution in [0.1, 0.15) is 35.1 Å². The lowest BCUT2D eigenvalue weighted by Gasteiger charge is -2.17.